The molecule has 1 aliphatic carbocycles. The Hall–Kier alpha value is -1.63. The zero-order valence-corrected chi connectivity index (χ0v) is 13.7. The topological polar surface area (TPSA) is 83.1 Å². The number of carbonyl (C=O) groups is 2. The van der Waals surface area contributed by atoms with Gasteiger partial charge in [0, 0.05) is 31.1 Å². The van der Waals surface area contributed by atoms with Crippen molar-refractivity contribution in [3.63, 3.8) is 0 Å². The van der Waals surface area contributed by atoms with Gasteiger partial charge in [-0.3, -0.25) is 4.79 Å². The van der Waals surface area contributed by atoms with E-state index in [2.05, 4.69) is 20.9 Å². The highest BCUT2D eigenvalue weighted by Gasteiger charge is 2.18. The predicted octanol–water partition coefficient (Wildman–Crippen LogP) is 2.20. The number of carbonyl (C=O) groups excluding carboxylic acids is 2. The molecule has 1 unspecified atom stereocenters. The van der Waals surface area contributed by atoms with Crippen molar-refractivity contribution in [2.45, 2.75) is 45.1 Å². The van der Waals surface area contributed by atoms with E-state index in [9.17, 15) is 9.59 Å². The van der Waals surface area contributed by atoms with Gasteiger partial charge in [-0.15, -0.1) is 11.3 Å². The second-order valence-corrected chi connectivity index (χ2v) is 6.62. The monoisotopic (exact) mass is 324 g/mol. The van der Waals surface area contributed by atoms with Gasteiger partial charge in [0.15, 0.2) is 0 Å². The van der Waals surface area contributed by atoms with Crippen LogP contribution in [0.4, 0.5) is 4.79 Å². The number of nitrogens with one attached hydrogen (secondary N) is 3. The summed E-state index contributed by atoms with van der Waals surface area (Å²) in [6.45, 7) is 2.78. The van der Waals surface area contributed by atoms with Crippen molar-refractivity contribution >= 4 is 23.3 Å². The SMILES string of the molecule is CC(NC(=O)NCCNC(=O)CC1CCCC1)c1nccs1. The normalized spacial score (nSPS) is 16.2. The van der Waals surface area contributed by atoms with Crippen LogP contribution in [0.5, 0.6) is 0 Å². The van der Waals surface area contributed by atoms with Crippen LogP contribution in [0, 0.1) is 5.92 Å². The Morgan fingerprint density at radius 3 is 2.73 bits per heavy atom. The average molecular weight is 324 g/mol. The maximum absolute atomic E-state index is 11.7. The lowest BCUT2D eigenvalue weighted by molar-refractivity contribution is -0.121. The summed E-state index contributed by atoms with van der Waals surface area (Å²) in [4.78, 5) is 27.6. The van der Waals surface area contributed by atoms with Crippen molar-refractivity contribution in [2.24, 2.45) is 5.92 Å². The predicted molar refractivity (Wildman–Crippen MR) is 86.6 cm³/mol. The average Bonchev–Trinajstić information content (AvgIpc) is 3.16. The van der Waals surface area contributed by atoms with Crippen molar-refractivity contribution in [3.8, 4) is 0 Å². The molecular formula is C15H24N4O2S. The van der Waals surface area contributed by atoms with Crippen LogP contribution in [0.15, 0.2) is 11.6 Å². The fraction of sp³-hybridized carbons (Fsp3) is 0.667. The molecule has 3 N–H and O–H groups in total. The van der Waals surface area contributed by atoms with Crippen LogP contribution in [-0.4, -0.2) is 30.0 Å². The Balaban J connectivity index is 1.54. The van der Waals surface area contributed by atoms with Crippen molar-refractivity contribution < 1.29 is 9.59 Å². The third-order valence-electron chi connectivity index (χ3n) is 3.85. The Morgan fingerprint density at radius 1 is 1.32 bits per heavy atom. The number of rotatable bonds is 7. The van der Waals surface area contributed by atoms with E-state index in [0.29, 0.717) is 25.4 Å². The van der Waals surface area contributed by atoms with Crippen molar-refractivity contribution in [1.29, 1.82) is 0 Å². The lowest BCUT2D eigenvalue weighted by Gasteiger charge is -2.13. The van der Waals surface area contributed by atoms with Gasteiger partial charge in [-0.05, 0) is 25.7 Å². The molecule has 2 rings (SSSR count). The fourth-order valence-corrected chi connectivity index (χ4v) is 3.33. The van der Waals surface area contributed by atoms with E-state index < -0.39 is 0 Å². The number of amides is 3. The van der Waals surface area contributed by atoms with Gasteiger partial charge in [0.2, 0.25) is 5.91 Å². The van der Waals surface area contributed by atoms with Gasteiger partial charge in [-0.2, -0.15) is 0 Å². The minimum atomic E-state index is -0.243. The first-order chi connectivity index (χ1) is 10.6. The van der Waals surface area contributed by atoms with Crippen LogP contribution in [0.3, 0.4) is 0 Å². The number of urea groups is 1. The molecule has 1 aromatic heterocycles. The van der Waals surface area contributed by atoms with E-state index in [1.165, 1.54) is 37.0 Å². The summed E-state index contributed by atoms with van der Waals surface area (Å²) in [6.07, 6.45) is 7.17. The van der Waals surface area contributed by atoms with Gasteiger partial charge in [-0.25, -0.2) is 9.78 Å². The molecule has 0 bridgehead atoms. The summed E-state index contributed by atoms with van der Waals surface area (Å²) in [7, 11) is 0. The Morgan fingerprint density at radius 2 is 2.05 bits per heavy atom. The number of hydrogen-bond acceptors (Lipinski definition) is 4. The van der Waals surface area contributed by atoms with E-state index in [0.717, 1.165) is 5.01 Å². The third kappa shape index (κ3) is 5.63. The van der Waals surface area contributed by atoms with Gasteiger partial charge < -0.3 is 16.0 Å². The van der Waals surface area contributed by atoms with Crippen LogP contribution in [0.2, 0.25) is 0 Å². The number of nitrogens with zero attached hydrogens (tertiary/aromatic N) is 1. The molecule has 0 spiro atoms. The zero-order chi connectivity index (χ0) is 15.8. The number of aromatic nitrogens is 1. The maximum Gasteiger partial charge on any atom is 0.315 e. The molecule has 0 saturated heterocycles. The van der Waals surface area contributed by atoms with Gasteiger partial charge in [-0.1, -0.05) is 12.8 Å². The summed E-state index contributed by atoms with van der Waals surface area (Å²) in [5, 5.41) is 11.2. The van der Waals surface area contributed by atoms with Crippen LogP contribution in [-0.2, 0) is 4.79 Å². The minimum Gasteiger partial charge on any atom is -0.354 e. The molecule has 6 nitrogen and oxygen atoms in total. The summed E-state index contributed by atoms with van der Waals surface area (Å²) >= 11 is 1.51. The number of thiazole rings is 1. The third-order valence-corrected chi connectivity index (χ3v) is 4.81. The largest absolute Gasteiger partial charge is 0.354 e. The van der Waals surface area contributed by atoms with Gasteiger partial charge >= 0.3 is 6.03 Å². The van der Waals surface area contributed by atoms with Crippen LogP contribution >= 0.6 is 11.3 Å². The molecule has 7 heteroatoms. The first-order valence-electron chi connectivity index (χ1n) is 7.85. The van der Waals surface area contributed by atoms with Crippen LogP contribution in [0.25, 0.3) is 0 Å². The molecule has 1 atom stereocenters. The molecule has 1 saturated carbocycles. The minimum absolute atomic E-state index is 0.0882. The highest BCUT2D eigenvalue weighted by atomic mass is 32.1. The smallest absolute Gasteiger partial charge is 0.315 e. The molecule has 0 aliphatic heterocycles. The zero-order valence-electron chi connectivity index (χ0n) is 12.9. The molecule has 3 amide bonds. The van der Waals surface area contributed by atoms with Crippen molar-refractivity contribution in [1.82, 2.24) is 20.9 Å². The summed E-state index contributed by atoms with van der Waals surface area (Å²) in [5.74, 6) is 0.640. The maximum atomic E-state index is 11.7. The molecule has 0 aromatic carbocycles. The summed E-state index contributed by atoms with van der Waals surface area (Å²) in [5.41, 5.74) is 0. The molecule has 1 aromatic rings. The van der Waals surface area contributed by atoms with Crippen molar-refractivity contribution in [3.05, 3.63) is 16.6 Å². The van der Waals surface area contributed by atoms with E-state index in [4.69, 9.17) is 0 Å². The molecule has 1 fully saturated rings. The van der Waals surface area contributed by atoms with E-state index in [-0.39, 0.29) is 18.0 Å². The molecule has 0 radical (unpaired) electrons. The quantitative estimate of drug-likeness (QED) is 0.672. The second kappa shape index (κ2) is 8.73. The molecule has 122 valence electrons. The van der Waals surface area contributed by atoms with Gasteiger partial charge in [0.1, 0.15) is 5.01 Å². The second-order valence-electron chi connectivity index (χ2n) is 5.70. The van der Waals surface area contributed by atoms with E-state index >= 15 is 0 Å². The highest BCUT2D eigenvalue weighted by Crippen LogP contribution is 2.27. The molecule has 1 aliphatic rings. The fourth-order valence-electron chi connectivity index (χ4n) is 2.68. The van der Waals surface area contributed by atoms with Crippen LogP contribution < -0.4 is 16.0 Å². The molecule has 1 heterocycles. The van der Waals surface area contributed by atoms with Gasteiger partial charge in [0.25, 0.3) is 0 Å². The first kappa shape index (κ1) is 16.7. The Bertz CT molecular complexity index is 472. The summed E-state index contributed by atoms with van der Waals surface area (Å²) in [6, 6.07) is -0.357. The Labute approximate surface area is 135 Å². The van der Waals surface area contributed by atoms with E-state index in [1.807, 2.05) is 12.3 Å². The highest BCUT2D eigenvalue weighted by molar-refractivity contribution is 7.09. The summed E-state index contributed by atoms with van der Waals surface area (Å²) < 4.78 is 0. The van der Waals surface area contributed by atoms with Crippen LogP contribution in [0.1, 0.15) is 50.1 Å². The molecular weight excluding hydrogens is 300 g/mol. The Kier molecular flexibility index (Phi) is 6.64. The lowest BCUT2D eigenvalue weighted by Crippen LogP contribution is -2.41. The lowest BCUT2D eigenvalue weighted by atomic mass is 10.0. The first-order valence-corrected chi connectivity index (χ1v) is 8.73. The number of hydrogen-bond donors (Lipinski definition) is 3. The standard InChI is InChI=1S/C15H24N4O2S/c1-11(14-17-8-9-22-14)19-15(21)18-7-6-16-13(20)10-12-4-2-3-5-12/h8-9,11-12H,2-7,10H2,1H3,(H,16,20)(H2,18,19,21). The van der Waals surface area contributed by atoms with E-state index in [1.54, 1.807) is 6.20 Å². The molecule has 22 heavy (non-hydrogen) atoms. The van der Waals surface area contributed by atoms with Gasteiger partial charge in [0.05, 0.1) is 6.04 Å². The van der Waals surface area contributed by atoms with Crippen molar-refractivity contribution in [2.75, 3.05) is 13.1 Å².